The van der Waals surface area contributed by atoms with Crippen LogP contribution < -0.4 is 15.0 Å². The number of amides is 4. The van der Waals surface area contributed by atoms with Gasteiger partial charge in [-0.3, -0.25) is 24.1 Å². The van der Waals surface area contributed by atoms with E-state index < -0.39 is 0 Å². The van der Waals surface area contributed by atoms with Crippen LogP contribution in [0, 0.1) is 0 Å². The van der Waals surface area contributed by atoms with E-state index in [1.807, 2.05) is 30.3 Å². The van der Waals surface area contributed by atoms with E-state index in [0.29, 0.717) is 47.6 Å². The molecule has 0 fully saturated rings. The largest absolute Gasteiger partial charge is 0.482 e. The molecule has 1 N–H and O–H groups in total. The summed E-state index contributed by atoms with van der Waals surface area (Å²) in [6.07, 6.45) is 1.17. The van der Waals surface area contributed by atoms with Crippen molar-refractivity contribution >= 4 is 35.0 Å². The number of hydrogen-bond donors (Lipinski definition) is 1. The van der Waals surface area contributed by atoms with Crippen LogP contribution in [0.5, 0.6) is 5.75 Å². The maximum atomic E-state index is 12.6. The van der Waals surface area contributed by atoms with Crippen molar-refractivity contribution in [2.45, 2.75) is 19.3 Å². The predicted octanol–water partition coefficient (Wildman–Crippen LogP) is 3.67. The highest BCUT2D eigenvalue weighted by molar-refractivity contribution is 6.21. The highest BCUT2D eigenvalue weighted by Gasteiger charge is 2.34. The number of carbonyl (C=O) groups is 4. The monoisotopic (exact) mass is 483 g/mol. The highest BCUT2D eigenvalue weighted by atomic mass is 16.5. The lowest BCUT2D eigenvalue weighted by Gasteiger charge is -2.30. The second-order valence-corrected chi connectivity index (χ2v) is 8.71. The summed E-state index contributed by atoms with van der Waals surface area (Å²) in [6, 6.07) is 21.8. The normalized spacial score (nSPS) is 14.4. The zero-order chi connectivity index (χ0) is 25.1. The maximum absolute atomic E-state index is 12.6. The van der Waals surface area contributed by atoms with Gasteiger partial charge >= 0.3 is 0 Å². The topological polar surface area (TPSA) is 96.0 Å². The third-order valence-corrected chi connectivity index (χ3v) is 6.32. The lowest BCUT2D eigenvalue weighted by atomic mass is 10.1. The number of anilines is 2. The van der Waals surface area contributed by atoms with Gasteiger partial charge in [-0.05, 0) is 48.7 Å². The Morgan fingerprint density at radius 2 is 1.53 bits per heavy atom. The highest BCUT2D eigenvalue weighted by Crippen LogP contribution is 2.35. The Balaban J connectivity index is 1.19. The molecule has 2 aliphatic rings. The van der Waals surface area contributed by atoms with Gasteiger partial charge in [0.15, 0.2) is 6.61 Å². The SMILES string of the molecule is O=C(CCCN1C(=O)c2ccccc2C1=O)Nc1ccc2c(c1)N(CCc1ccccc1)C(=O)CO2. The van der Waals surface area contributed by atoms with Gasteiger partial charge in [0.25, 0.3) is 17.7 Å². The van der Waals surface area contributed by atoms with Crippen molar-refractivity contribution < 1.29 is 23.9 Å². The third-order valence-electron chi connectivity index (χ3n) is 6.32. The summed E-state index contributed by atoms with van der Waals surface area (Å²) in [5.41, 5.74) is 3.08. The molecule has 8 nitrogen and oxygen atoms in total. The first-order chi connectivity index (χ1) is 17.5. The zero-order valence-corrected chi connectivity index (χ0v) is 19.6. The second-order valence-electron chi connectivity index (χ2n) is 8.71. The minimum atomic E-state index is -0.328. The van der Waals surface area contributed by atoms with Crippen LogP contribution >= 0.6 is 0 Å². The summed E-state index contributed by atoms with van der Waals surface area (Å²) in [4.78, 5) is 53.0. The van der Waals surface area contributed by atoms with E-state index in [1.54, 1.807) is 47.4 Å². The summed E-state index contributed by atoms with van der Waals surface area (Å²) < 4.78 is 5.57. The summed E-state index contributed by atoms with van der Waals surface area (Å²) in [7, 11) is 0. The van der Waals surface area contributed by atoms with Crippen LogP contribution in [0.4, 0.5) is 11.4 Å². The van der Waals surface area contributed by atoms with Crippen LogP contribution in [-0.4, -0.2) is 48.2 Å². The van der Waals surface area contributed by atoms with Crippen molar-refractivity contribution in [3.8, 4) is 5.75 Å². The average molecular weight is 484 g/mol. The first kappa shape index (κ1) is 23.3. The van der Waals surface area contributed by atoms with E-state index in [9.17, 15) is 19.2 Å². The molecule has 0 bridgehead atoms. The summed E-state index contributed by atoms with van der Waals surface area (Å²) in [6.45, 7) is 0.641. The van der Waals surface area contributed by atoms with Crippen LogP contribution in [0.15, 0.2) is 72.8 Å². The Hall–Kier alpha value is -4.46. The summed E-state index contributed by atoms with van der Waals surface area (Å²) in [5.74, 6) is -0.448. The van der Waals surface area contributed by atoms with E-state index in [1.165, 1.54) is 4.90 Å². The molecular formula is C28H25N3O5. The summed E-state index contributed by atoms with van der Waals surface area (Å²) >= 11 is 0. The first-order valence-electron chi connectivity index (χ1n) is 11.9. The quantitative estimate of drug-likeness (QED) is 0.493. The fourth-order valence-electron chi connectivity index (χ4n) is 4.47. The number of fused-ring (bicyclic) bond motifs is 2. The lowest BCUT2D eigenvalue weighted by molar-refractivity contribution is -0.121. The minimum absolute atomic E-state index is 0.0225. The molecule has 0 spiro atoms. The van der Waals surface area contributed by atoms with Gasteiger partial charge in [-0.2, -0.15) is 0 Å². The second kappa shape index (κ2) is 10.0. The van der Waals surface area contributed by atoms with Gasteiger partial charge in [0.05, 0.1) is 16.8 Å². The Kier molecular flexibility index (Phi) is 6.49. The number of nitrogens with one attached hydrogen (secondary N) is 1. The lowest BCUT2D eigenvalue weighted by Crippen LogP contribution is -2.40. The predicted molar refractivity (Wildman–Crippen MR) is 134 cm³/mol. The van der Waals surface area contributed by atoms with Crippen molar-refractivity contribution in [1.82, 2.24) is 4.90 Å². The molecule has 2 aliphatic heterocycles. The van der Waals surface area contributed by atoms with Gasteiger partial charge in [0.2, 0.25) is 5.91 Å². The number of imide groups is 1. The third kappa shape index (κ3) is 4.70. The average Bonchev–Trinajstić information content (AvgIpc) is 3.14. The minimum Gasteiger partial charge on any atom is -0.482 e. The van der Waals surface area contributed by atoms with Crippen molar-refractivity contribution in [2.75, 3.05) is 29.9 Å². The number of hydrogen-bond acceptors (Lipinski definition) is 5. The van der Waals surface area contributed by atoms with Gasteiger partial charge in [-0.15, -0.1) is 0 Å². The number of rotatable bonds is 8. The molecule has 0 atom stereocenters. The molecule has 0 aliphatic carbocycles. The molecule has 2 heterocycles. The Labute approximate surface area is 208 Å². The molecule has 182 valence electrons. The fourth-order valence-corrected chi connectivity index (χ4v) is 4.47. The molecule has 4 amide bonds. The molecule has 5 rings (SSSR count). The molecular weight excluding hydrogens is 458 g/mol. The van der Waals surface area contributed by atoms with Crippen LogP contribution in [0.3, 0.4) is 0 Å². The van der Waals surface area contributed by atoms with Crippen molar-refractivity contribution in [2.24, 2.45) is 0 Å². The number of carbonyl (C=O) groups excluding carboxylic acids is 4. The molecule has 8 heteroatoms. The van der Waals surface area contributed by atoms with Gasteiger partial charge < -0.3 is 15.0 Å². The zero-order valence-electron chi connectivity index (χ0n) is 19.6. The molecule has 0 radical (unpaired) electrons. The first-order valence-corrected chi connectivity index (χ1v) is 11.9. The van der Waals surface area contributed by atoms with E-state index in [4.69, 9.17) is 4.74 Å². The molecule has 0 saturated heterocycles. The Morgan fingerprint density at radius 1 is 0.833 bits per heavy atom. The van der Waals surface area contributed by atoms with E-state index in [-0.39, 0.29) is 43.2 Å². The number of nitrogens with zero attached hydrogens (tertiary/aromatic N) is 2. The summed E-state index contributed by atoms with van der Waals surface area (Å²) in [5, 5.41) is 2.85. The van der Waals surface area contributed by atoms with Crippen molar-refractivity contribution in [3.63, 3.8) is 0 Å². The maximum Gasteiger partial charge on any atom is 0.265 e. The van der Waals surface area contributed by atoms with Crippen LogP contribution in [0.25, 0.3) is 0 Å². The van der Waals surface area contributed by atoms with Crippen LogP contribution in [0.1, 0.15) is 39.1 Å². The standard InChI is InChI=1S/C28H25N3O5/c32-25(11-6-15-31-27(34)21-9-4-5-10-22(21)28(31)35)29-20-12-13-24-23(17-20)30(26(33)18-36-24)16-14-19-7-2-1-3-8-19/h1-5,7-10,12-13,17H,6,11,14-16,18H2,(H,29,32). The number of ether oxygens (including phenoxy) is 1. The van der Waals surface area contributed by atoms with E-state index >= 15 is 0 Å². The van der Waals surface area contributed by atoms with Crippen LogP contribution in [-0.2, 0) is 16.0 Å². The van der Waals surface area contributed by atoms with Gasteiger partial charge in [0.1, 0.15) is 5.75 Å². The fraction of sp³-hybridized carbons (Fsp3) is 0.214. The van der Waals surface area contributed by atoms with E-state index in [0.717, 1.165) is 5.56 Å². The molecule has 36 heavy (non-hydrogen) atoms. The molecule has 0 aromatic heterocycles. The molecule has 0 saturated carbocycles. The molecule has 3 aromatic carbocycles. The molecule has 3 aromatic rings. The number of benzene rings is 3. The smallest absolute Gasteiger partial charge is 0.265 e. The van der Waals surface area contributed by atoms with Gasteiger partial charge in [-0.25, -0.2) is 0 Å². The van der Waals surface area contributed by atoms with Crippen LogP contribution in [0.2, 0.25) is 0 Å². The van der Waals surface area contributed by atoms with Crippen molar-refractivity contribution in [1.29, 1.82) is 0 Å². The van der Waals surface area contributed by atoms with E-state index in [2.05, 4.69) is 5.32 Å². The molecule has 0 unspecified atom stereocenters. The van der Waals surface area contributed by atoms with Crippen molar-refractivity contribution in [3.05, 3.63) is 89.5 Å². The van der Waals surface area contributed by atoms with Gasteiger partial charge in [0, 0.05) is 25.2 Å². The van der Waals surface area contributed by atoms with Gasteiger partial charge in [-0.1, -0.05) is 42.5 Å². The Morgan fingerprint density at radius 3 is 2.25 bits per heavy atom. The Bertz CT molecular complexity index is 1300.